The van der Waals surface area contributed by atoms with Crippen LogP contribution in [0.5, 0.6) is 0 Å². The van der Waals surface area contributed by atoms with Crippen molar-refractivity contribution in [1.82, 2.24) is 0 Å². The van der Waals surface area contributed by atoms with Crippen LogP contribution in [0.15, 0.2) is 35.2 Å². The van der Waals surface area contributed by atoms with Crippen LogP contribution in [0.1, 0.15) is 43.5 Å². The van der Waals surface area contributed by atoms with Gasteiger partial charge in [-0.15, -0.1) is 0 Å². The Balaban J connectivity index is 1.85. The van der Waals surface area contributed by atoms with E-state index in [0.29, 0.717) is 18.6 Å². The molecule has 2 aromatic carbocycles. The second kappa shape index (κ2) is 9.85. The van der Waals surface area contributed by atoms with Gasteiger partial charge in [0.05, 0.1) is 15.7 Å². The number of nitrogens with one attached hydrogen (secondary N) is 1. The highest BCUT2D eigenvalue weighted by molar-refractivity contribution is 7.91. The molecule has 1 N–H and O–H groups in total. The Hall–Kier alpha value is -2.39. The molecule has 0 aromatic heterocycles. The molecule has 2 aromatic rings. The van der Waals surface area contributed by atoms with Crippen molar-refractivity contribution in [3.63, 3.8) is 0 Å². The first kappa shape index (κ1) is 25.2. The predicted octanol–water partition coefficient (Wildman–Crippen LogP) is 5.42. The van der Waals surface area contributed by atoms with Gasteiger partial charge < -0.3 is 10.1 Å². The van der Waals surface area contributed by atoms with Crippen molar-refractivity contribution in [3.05, 3.63) is 58.4 Å². The van der Waals surface area contributed by atoms with E-state index in [0.717, 1.165) is 18.9 Å². The van der Waals surface area contributed by atoms with Gasteiger partial charge in [-0.25, -0.2) is 21.6 Å². The van der Waals surface area contributed by atoms with Gasteiger partial charge >= 0.3 is 0 Å². The first-order chi connectivity index (χ1) is 15.4. The largest absolute Gasteiger partial charge is 0.322 e. The molecular formula is C23H23ClF3NO4S. The number of anilines is 1. The number of rotatable bonds is 7. The van der Waals surface area contributed by atoms with Crippen molar-refractivity contribution < 1.29 is 31.2 Å². The molecule has 3 atom stereocenters. The first-order valence-electron chi connectivity index (χ1n) is 10.4. The van der Waals surface area contributed by atoms with Crippen LogP contribution in [0.3, 0.4) is 0 Å². The lowest BCUT2D eigenvalue weighted by atomic mass is 9.89. The fourth-order valence-corrected chi connectivity index (χ4v) is 6.78. The minimum Gasteiger partial charge on any atom is -0.322 e. The van der Waals surface area contributed by atoms with Crippen LogP contribution in [-0.2, 0) is 14.6 Å². The van der Waals surface area contributed by atoms with E-state index in [9.17, 15) is 31.2 Å². The van der Waals surface area contributed by atoms with Gasteiger partial charge in [0, 0.05) is 29.8 Å². The summed E-state index contributed by atoms with van der Waals surface area (Å²) in [6.07, 6.45) is 1.90. The van der Waals surface area contributed by atoms with Gasteiger partial charge in [0.15, 0.2) is 27.3 Å². The third-order valence-corrected chi connectivity index (χ3v) is 8.33. The van der Waals surface area contributed by atoms with E-state index in [2.05, 4.69) is 5.32 Å². The van der Waals surface area contributed by atoms with E-state index >= 15 is 0 Å². The zero-order valence-corrected chi connectivity index (χ0v) is 19.6. The van der Waals surface area contributed by atoms with Gasteiger partial charge in [-0.05, 0) is 49.3 Å². The molecule has 1 aliphatic carbocycles. The Morgan fingerprint density at radius 1 is 1.09 bits per heavy atom. The third kappa shape index (κ3) is 5.76. The van der Waals surface area contributed by atoms with Crippen molar-refractivity contribution >= 4 is 38.8 Å². The lowest BCUT2D eigenvalue weighted by Crippen LogP contribution is -2.25. The summed E-state index contributed by atoms with van der Waals surface area (Å²) in [7, 11) is -3.92. The molecule has 0 heterocycles. The van der Waals surface area contributed by atoms with Crippen LogP contribution in [0.2, 0.25) is 5.02 Å². The average Bonchev–Trinajstić information content (AvgIpc) is 3.04. The van der Waals surface area contributed by atoms with Crippen LogP contribution in [-0.4, -0.2) is 25.9 Å². The second-order valence-electron chi connectivity index (χ2n) is 8.52. The van der Waals surface area contributed by atoms with E-state index in [1.54, 1.807) is 0 Å². The second-order valence-corrected chi connectivity index (χ2v) is 10.9. The van der Waals surface area contributed by atoms with Crippen molar-refractivity contribution in [2.45, 2.75) is 38.0 Å². The molecule has 1 saturated carbocycles. The van der Waals surface area contributed by atoms with E-state index < -0.39 is 33.2 Å². The summed E-state index contributed by atoms with van der Waals surface area (Å²) in [6, 6.07) is 4.84. The van der Waals surface area contributed by atoms with Crippen molar-refractivity contribution in [1.29, 1.82) is 0 Å². The summed E-state index contributed by atoms with van der Waals surface area (Å²) >= 11 is 6.14. The van der Waals surface area contributed by atoms with Gasteiger partial charge in [0.1, 0.15) is 5.78 Å². The summed E-state index contributed by atoms with van der Waals surface area (Å²) < 4.78 is 66.4. The summed E-state index contributed by atoms with van der Waals surface area (Å²) in [5.74, 6) is -5.84. The number of halogens is 4. The fraction of sp³-hybridized carbons (Fsp3) is 0.391. The molecule has 0 aliphatic heterocycles. The van der Waals surface area contributed by atoms with Crippen LogP contribution in [0.4, 0.5) is 18.9 Å². The molecule has 33 heavy (non-hydrogen) atoms. The summed E-state index contributed by atoms with van der Waals surface area (Å²) in [5, 5.41) is 2.14. The minimum atomic E-state index is -3.92. The Labute approximate surface area is 195 Å². The average molecular weight is 502 g/mol. The van der Waals surface area contributed by atoms with Crippen molar-refractivity contribution in [2.75, 3.05) is 11.1 Å². The standard InChI is InChI=1S/C23H23ClF3NO4S/c1-12-3-4-14(7-13(2)29)17(12)11-33(31,32)21-8-15(5-6-18(21)24)23(30)28-16-9-19(25)22(27)20(26)10-16/h5-6,8-10,12,14,17H,3-4,7,11H2,1-2H3,(H,28,30)/t12?,14-,17-/m0/s1. The van der Waals surface area contributed by atoms with Crippen LogP contribution < -0.4 is 5.32 Å². The van der Waals surface area contributed by atoms with E-state index in [1.165, 1.54) is 19.1 Å². The topological polar surface area (TPSA) is 80.3 Å². The zero-order valence-electron chi connectivity index (χ0n) is 18.0. The van der Waals surface area contributed by atoms with Gasteiger partial charge in [-0.2, -0.15) is 0 Å². The summed E-state index contributed by atoms with van der Waals surface area (Å²) in [5.41, 5.74) is -0.439. The first-order valence-corrected chi connectivity index (χ1v) is 12.4. The molecular weight excluding hydrogens is 479 g/mol. The monoisotopic (exact) mass is 501 g/mol. The lowest BCUT2D eigenvalue weighted by Gasteiger charge is -2.22. The maximum atomic E-state index is 13.4. The summed E-state index contributed by atoms with van der Waals surface area (Å²) in [4.78, 5) is 23.9. The third-order valence-electron chi connectivity index (χ3n) is 6.06. The zero-order chi connectivity index (χ0) is 24.5. The molecule has 178 valence electrons. The summed E-state index contributed by atoms with van der Waals surface area (Å²) in [6.45, 7) is 3.43. The highest BCUT2D eigenvalue weighted by Gasteiger charge is 2.38. The molecule has 1 aliphatic rings. The van der Waals surface area contributed by atoms with Gasteiger partial charge in [0.2, 0.25) is 0 Å². The smallest absolute Gasteiger partial charge is 0.255 e. The number of carbonyl (C=O) groups is 2. The molecule has 1 fully saturated rings. The van der Waals surface area contributed by atoms with Gasteiger partial charge in [0.25, 0.3) is 5.91 Å². The molecule has 0 bridgehead atoms. The van der Waals surface area contributed by atoms with E-state index in [-0.39, 0.29) is 50.5 Å². The van der Waals surface area contributed by atoms with Crippen LogP contribution >= 0.6 is 11.6 Å². The SMILES string of the molecule is CC(=O)C[C@@H]1CCC(C)[C@@H]1CS(=O)(=O)c1cc(C(=O)Nc2cc(F)c(F)c(F)c2)ccc1Cl. The molecule has 3 rings (SSSR count). The number of carbonyl (C=O) groups excluding carboxylic acids is 2. The number of ketones is 1. The highest BCUT2D eigenvalue weighted by Crippen LogP contribution is 2.41. The quantitative estimate of drug-likeness (QED) is 0.513. The fourth-order valence-electron chi connectivity index (χ4n) is 4.35. The number of amides is 1. The number of sulfone groups is 1. The molecule has 0 radical (unpaired) electrons. The molecule has 0 spiro atoms. The lowest BCUT2D eigenvalue weighted by molar-refractivity contribution is -0.118. The Morgan fingerprint density at radius 2 is 1.73 bits per heavy atom. The van der Waals surface area contributed by atoms with Crippen molar-refractivity contribution in [3.8, 4) is 0 Å². The molecule has 0 saturated heterocycles. The highest BCUT2D eigenvalue weighted by atomic mass is 35.5. The molecule has 1 amide bonds. The maximum absolute atomic E-state index is 13.4. The Morgan fingerprint density at radius 3 is 2.33 bits per heavy atom. The Kier molecular flexibility index (Phi) is 7.53. The normalized spacial score (nSPS) is 20.6. The van der Waals surface area contributed by atoms with E-state index in [1.807, 2.05) is 6.92 Å². The molecule has 1 unspecified atom stereocenters. The minimum absolute atomic E-state index is 0.00173. The molecule has 10 heteroatoms. The number of hydrogen-bond acceptors (Lipinski definition) is 4. The van der Waals surface area contributed by atoms with Crippen LogP contribution in [0, 0.1) is 35.2 Å². The van der Waals surface area contributed by atoms with E-state index in [4.69, 9.17) is 11.6 Å². The maximum Gasteiger partial charge on any atom is 0.255 e. The number of Topliss-reactive ketones (excluding diaryl/α,β-unsaturated/α-hetero) is 1. The van der Waals surface area contributed by atoms with Crippen molar-refractivity contribution in [2.24, 2.45) is 17.8 Å². The number of benzene rings is 2. The number of hydrogen-bond donors (Lipinski definition) is 1. The predicted molar refractivity (Wildman–Crippen MR) is 118 cm³/mol. The van der Waals surface area contributed by atoms with Gasteiger partial charge in [-0.1, -0.05) is 24.9 Å². The van der Waals surface area contributed by atoms with Gasteiger partial charge in [-0.3, -0.25) is 4.79 Å². The van der Waals surface area contributed by atoms with Crippen LogP contribution in [0.25, 0.3) is 0 Å². The molecule has 5 nitrogen and oxygen atoms in total. The Bertz CT molecular complexity index is 1180.